The third-order valence-corrected chi connectivity index (χ3v) is 4.62. The van der Waals surface area contributed by atoms with Crippen LogP contribution in [0.15, 0.2) is 0 Å². The van der Waals surface area contributed by atoms with Crippen LogP contribution in [0, 0.1) is 11.8 Å². The monoisotopic (exact) mass is 264 g/mol. The topological polar surface area (TPSA) is 58.6 Å². The highest BCUT2D eigenvalue weighted by molar-refractivity contribution is 7.87. The van der Waals surface area contributed by atoms with Gasteiger partial charge in [0.25, 0.3) is 10.2 Å². The largest absolute Gasteiger partial charge is 0.383 e. The van der Waals surface area contributed by atoms with Crippen molar-refractivity contribution in [3.63, 3.8) is 0 Å². The summed E-state index contributed by atoms with van der Waals surface area (Å²) >= 11 is 0. The molecule has 0 spiro atoms. The van der Waals surface area contributed by atoms with Gasteiger partial charge in [-0.2, -0.15) is 17.4 Å². The molecule has 1 aliphatic heterocycles. The minimum Gasteiger partial charge on any atom is -0.383 e. The lowest BCUT2D eigenvalue weighted by molar-refractivity contribution is 0.176. The van der Waals surface area contributed by atoms with Gasteiger partial charge in [-0.25, -0.2) is 0 Å². The molecule has 0 bridgehead atoms. The summed E-state index contributed by atoms with van der Waals surface area (Å²) in [6.45, 7) is 7.60. The van der Waals surface area contributed by atoms with E-state index in [0.29, 0.717) is 31.5 Å². The quantitative estimate of drug-likeness (QED) is 0.800. The first-order valence-electron chi connectivity index (χ1n) is 6.11. The Labute approximate surface area is 105 Å². The molecule has 1 heterocycles. The first-order chi connectivity index (χ1) is 7.85. The van der Waals surface area contributed by atoms with Gasteiger partial charge < -0.3 is 4.74 Å². The minimum atomic E-state index is -3.37. The van der Waals surface area contributed by atoms with E-state index in [-0.39, 0.29) is 6.04 Å². The van der Waals surface area contributed by atoms with Crippen molar-refractivity contribution in [2.45, 2.75) is 33.2 Å². The van der Waals surface area contributed by atoms with Crippen molar-refractivity contribution < 1.29 is 13.2 Å². The van der Waals surface area contributed by atoms with E-state index in [2.05, 4.69) is 18.6 Å². The van der Waals surface area contributed by atoms with Gasteiger partial charge in [-0.15, -0.1) is 0 Å². The molecule has 1 saturated heterocycles. The van der Waals surface area contributed by atoms with Crippen LogP contribution in [0.2, 0.25) is 0 Å². The molecule has 5 nitrogen and oxygen atoms in total. The molecule has 0 amide bonds. The van der Waals surface area contributed by atoms with E-state index >= 15 is 0 Å². The summed E-state index contributed by atoms with van der Waals surface area (Å²) in [5, 5.41) is 0. The Balaban J connectivity index is 2.63. The van der Waals surface area contributed by atoms with Crippen LogP contribution in [-0.4, -0.2) is 45.6 Å². The average Bonchev–Trinajstić information content (AvgIpc) is 2.15. The second-order valence-electron chi connectivity index (χ2n) is 5.24. The minimum absolute atomic E-state index is 0.197. The SMILES string of the molecule is COCC(C)NS(=O)(=O)N1CC(C)CC(C)C1. The average molecular weight is 264 g/mol. The molecule has 3 unspecified atom stereocenters. The summed E-state index contributed by atoms with van der Waals surface area (Å²) in [4.78, 5) is 0. The molecular weight excluding hydrogens is 240 g/mol. The standard InChI is InChI=1S/C11H24N2O3S/c1-9-5-10(2)7-13(6-9)17(14,15)12-11(3)8-16-4/h9-12H,5-8H2,1-4H3. The van der Waals surface area contributed by atoms with Gasteiger partial charge in [0.05, 0.1) is 6.61 Å². The van der Waals surface area contributed by atoms with Crippen LogP contribution < -0.4 is 4.72 Å². The molecule has 6 heteroatoms. The molecule has 0 aromatic carbocycles. The zero-order valence-electron chi connectivity index (χ0n) is 11.1. The fourth-order valence-corrected chi connectivity index (χ4v) is 4.04. The van der Waals surface area contributed by atoms with Crippen LogP contribution in [0.3, 0.4) is 0 Å². The van der Waals surface area contributed by atoms with Crippen LogP contribution in [0.25, 0.3) is 0 Å². The number of nitrogens with zero attached hydrogens (tertiary/aromatic N) is 1. The van der Waals surface area contributed by atoms with Crippen LogP contribution in [-0.2, 0) is 14.9 Å². The van der Waals surface area contributed by atoms with E-state index in [1.807, 2.05) is 0 Å². The lowest BCUT2D eigenvalue weighted by Crippen LogP contribution is -2.50. The van der Waals surface area contributed by atoms with Crippen molar-refractivity contribution in [2.24, 2.45) is 11.8 Å². The van der Waals surface area contributed by atoms with Crippen molar-refractivity contribution in [3.05, 3.63) is 0 Å². The van der Waals surface area contributed by atoms with Gasteiger partial charge in [0, 0.05) is 26.2 Å². The van der Waals surface area contributed by atoms with Crippen molar-refractivity contribution in [1.82, 2.24) is 9.03 Å². The molecule has 17 heavy (non-hydrogen) atoms. The fourth-order valence-electron chi connectivity index (χ4n) is 2.41. The Bertz CT molecular complexity index is 322. The van der Waals surface area contributed by atoms with E-state index in [4.69, 9.17) is 4.74 Å². The summed E-state index contributed by atoms with van der Waals surface area (Å²) in [5.41, 5.74) is 0. The molecule has 1 fully saturated rings. The third kappa shape index (κ3) is 4.54. The Morgan fingerprint density at radius 1 is 1.35 bits per heavy atom. The van der Waals surface area contributed by atoms with Crippen LogP contribution in [0.1, 0.15) is 27.2 Å². The van der Waals surface area contributed by atoms with E-state index in [1.54, 1.807) is 18.3 Å². The Hall–Kier alpha value is -0.170. The van der Waals surface area contributed by atoms with Crippen molar-refractivity contribution >= 4 is 10.2 Å². The first kappa shape index (κ1) is 14.9. The molecule has 1 N–H and O–H groups in total. The normalized spacial score (nSPS) is 29.2. The fraction of sp³-hybridized carbons (Fsp3) is 1.00. The third-order valence-electron chi connectivity index (χ3n) is 2.94. The highest BCUT2D eigenvalue weighted by atomic mass is 32.2. The van der Waals surface area contributed by atoms with E-state index in [1.165, 1.54) is 0 Å². The second kappa shape index (κ2) is 6.13. The van der Waals surface area contributed by atoms with Gasteiger partial charge in [-0.05, 0) is 25.2 Å². The Kier molecular flexibility index (Phi) is 5.37. The van der Waals surface area contributed by atoms with Gasteiger partial charge >= 0.3 is 0 Å². The molecule has 0 aromatic rings. The molecule has 1 rings (SSSR count). The molecule has 3 atom stereocenters. The predicted octanol–water partition coefficient (Wildman–Crippen LogP) is 0.834. The zero-order valence-corrected chi connectivity index (χ0v) is 12.0. The zero-order chi connectivity index (χ0) is 13.1. The lowest BCUT2D eigenvalue weighted by Gasteiger charge is -2.34. The maximum Gasteiger partial charge on any atom is 0.279 e. The predicted molar refractivity (Wildman–Crippen MR) is 67.9 cm³/mol. The number of methoxy groups -OCH3 is 1. The number of ether oxygens (including phenoxy) is 1. The van der Waals surface area contributed by atoms with E-state index in [0.717, 1.165) is 6.42 Å². The van der Waals surface area contributed by atoms with Crippen LogP contribution in [0.4, 0.5) is 0 Å². The lowest BCUT2D eigenvalue weighted by atomic mass is 9.94. The summed E-state index contributed by atoms with van der Waals surface area (Å²) in [7, 11) is -1.80. The molecule has 0 saturated carbocycles. The number of piperidine rings is 1. The summed E-state index contributed by atoms with van der Waals surface area (Å²) in [6.07, 6.45) is 1.10. The maximum absolute atomic E-state index is 12.1. The van der Waals surface area contributed by atoms with E-state index in [9.17, 15) is 8.42 Å². The van der Waals surface area contributed by atoms with Gasteiger partial charge in [0.15, 0.2) is 0 Å². The van der Waals surface area contributed by atoms with Gasteiger partial charge in [-0.3, -0.25) is 0 Å². The number of hydrogen-bond donors (Lipinski definition) is 1. The Morgan fingerprint density at radius 3 is 2.35 bits per heavy atom. The number of hydrogen-bond acceptors (Lipinski definition) is 3. The van der Waals surface area contributed by atoms with Crippen LogP contribution >= 0.6 is 0 Å². The highest BCUT2D eigenvalue weighted by Crippen LogP contribution is 2.22. The second-order valence-corrected chi connectivity index (χ2v) is 6.94. The maximum atomic E-state index is 12.1. The van der Waals surface area contributed by atoms with Gasteiger partial charge in [0.1, 0.15) is 0 Å². The number of rotatable bonds is 5. The summed E-state index contributed by atoms with van der Waals surface area (Å²) in [6, 6.07) is -0.197. The summed E-state index contributed by atoms with van der Waals surface area (Å²) < 4.78 is 33.4. The molecule has 0 aromatic heterocycles. The summed E-state index contributed by atoms with van der Waals surface area (Å²) in [5.74, 6) is 0.848. The molecule has 102 valence electrons. The van der Waals surface area contributed by atoms with Crippen molar-refractivity contribution in [1.29, 1.82) is 0 Å². The van der Waals surface area contributed by atoms with Gasteiger partial charge in [-0.1, -0.05) is 13.8 Å². The highest BCUT2D eigenvalue weighted by Gasteiger charge is 2.31. The smallest absolute Gasteiger partial charge is 0.279 e. The number of nitrogens with one attached hydrogen (secondary N) is 1. The molecule has 0 radical (unpaired) electrons. The van der Waals surface area contributed by atoms with E-state index < -0.39 is 10.2 Å². The van der Waals surface area contributed by atoms with Crippen molar-refractivity contribution in [3.8, 4) is 0 Å². The Morgan fingerprint density at radius 2 is 1.88 bits per heavy atom. The molecule has 0 aliphatic carbocycles. The van der Waals surface area contributed by atoms with Gasteiger partial charge in [0.2, 0.25) is 0 Å². The molecular formula is C11H24N2O3S. The molecule has 1 aliphatic rings. The van der Waals surface area contributed by atoms with Crippen LogP contribution in [0.5, 0.6) is 0 Å². The van der Waals surface area contributed by atoms with Crippen molar-refractivity contribution in [2.75, 3.05) is 26.8 Å². The first-order valence-corrected chi connectivity index (χ1v) is 7.55.